The van der Waals surface area contributed by atoms with Gasteiger partial charge in [0.15, 0.2) is 6.10 Å². The first-order valence-electron chi connectivity index (χ1n) is 3.85. The lowest BCUT2D eigenvalue weighted by atomic mass is 10.4. The molecule has 0 aliphatic heterocycles. The van der Waals surface area contributed by atoms with Gasteiger partial charge in [-0.3, -0.25) is 0 Å². The maximum atomic E-state index is 12.1. The molecule has 1 rings (SSSR count). The number of hydrogen-bond acceptors (Lipinski definition) is 3. The summed E-state index contributed by atoms with van der Waals surface area (Å²) < 4.78 is 40.8. The largest absolute Gasteiger partial charge is 0.464 e. The zero-order valence-electron chi connectivity index (χ0n) is 7.38. The van der Waals surface area contributed by atoms with Gasteiger partial charge in [0.1, 0.15) is 0 Å². The first-order valence-corrected chi connectivity index (χ1v) is 3.85. The van der Waals surface area contributed by atoms with E-state index in [-0.39, 0.29) is 11.6 Å². The SMILES string of the molecule is C[C@@H](Oc1ncccc1N)C(F)(F)F. The Bertz CT molecular complexity index is 314. The highest BCUT2D eigenvalue weighted by atomic mass is 19.4. The average Bonchev–Trinajstić information content (AvgIpc) is 2.07. The Kier molecular flexibility index (Phi) is 2.83. The smallest absolute Gasteiger partial charge is 0.425 e. The van der Waals surface area contributed by atoms with Crippen molar-refractivity contribution in [2.24, 2.45) is 0 Å². The van der Waals surface area contributed by atoms with Crippen molar-refractivity contribution in [1.82, 2.24) is 4.98 Å². The molecule has 0 saturated carbocycles. The Morgan fingerprint density at radius 3 is 2.64 bits per heavy atom. The number of aromatic nitrogens is 1. The first-order chi connectivity index (χ1) is 6.41. The van der Waals surface area contributed by atoms with Crippen molar-refractivity contribution < 1.29 is 17.9 Å². The Hall–Kier alpha value is -1.46. The summed E-state index contributed by atoms with van der Waals surface area (Å²) in [5.74, 6) is -0.197. The zero-order chi connectivity index (χ0) is 10.8. The van der Waals surface area contributed by atoms with Crippen molar-refractivity contribution in [2.45, 2.75) is 19.2 Å². The van der Waals surface area contributed by atoms with E-state index in [1.807, 2.05) is 0 Å². The van der Waals surface area contributed by atoms with Crippen LogP contribution in [0.25, 0.3) is 0 Å². The quantitative estimate of drug-likeness (QED) is 0.804. The third kappa shape index (κ3) is 2.51. The van der Waals surface area contributed by atoms with Crippen molar-refractivity contribution in [3.05, 3.63) is 18.3 Å². The molecular formula is C8H9F3N2O. The van der Waals surface area contributed by atoms with E-state index in [9.17, 15) is 13.2 Å². The van der Waals surface area contributed by atoms with Crippen LogP contribution in [0, 0.1) is 0 Å². The highest BCUT2D eigenvalue weighted by molar-refractivity contribution is 5.46. The van der Waals surface area contributed by atoms with E-state index in [4.69, 9.17) is 5.73 Å². The fourth-order valence-electron chi connectivity index (χ4n) is 0.736. The molecule has 1 atom stereocenters. The second kappa shape index (κ2) is 3.73. The molecule has 14 heavy (non-hydrogen) atoms. The third-order valence-electron chi connectivity index (χ3n) is 1.55. The molecule has 0 aliphatic rings. The van der Waals surface area contributed by atoms with Gasteiger partial charge in [0.05, 0.1) is 5.69 Å². The lowest BCUT2D eigenvalue weighted by Crippen LogP contribution is -2.31. The molecule has 2 N–H and O–H groups in total. The van der Waals surface area contributed by atoms with E-state index >= 15 is 0 Å². The second-order valence-corrected chi connectivity index (χ2v) is 2.70. The summed E-state index contributed by atoms with van der Waals surface area (Å²) in [6.45, 7) is 0.897. The van der Waals surface area contributed by atoms with Crippen LogP contribution in [0.2, 0.25) is 0 Å². The van der Waals surface area contributed by atoms with E-state index in [2.05, 4.69) is 9.72 Å². The summed E-state index contributed by atoms with van der Waals surface area (Å²) in [5, 5.41) is 0. The fourth-order valence-corrected chi connectivity index (χ4v) is 0.736. The minimum absolute atomic E-state index is 0.0867. The molecule has 0 bridgehead atoms. The van der Waals surface area contributed by atoms with E-state index in [1.54, 1.807) is 0 Å². The number of ether oxygens (including phenoxy) is 1. The molecule has 0 radical (unpaired) electrons. The van der Waals surface area contributed by atoms with Crippen molar-refractivity contribution in [2.75, 3.05) is 5.73 Å². The highest BCUT2D eigenvalue weighted by Gasteiger charge is 2.38. The van der Waals surface area contributed by atoms with Crippen molar-refractivity contribution in [1.29, 1.82) is 0 Å². The van der Waals surface area contributed by atoms with E-state index in [0.717, 1.165) is 6.92 Å². The molecule has 3 nitrogen and oxygen atoms in total. The number of nitrogens with zero attached hydrogens (tertiary/aromatic N) is 1. The molecule has 0 aliphatic carbocycles. The predicted molar refractivity (Wildman–Crippen MR) is 44.8 cm³/mol. The Balaban J connectivity index is 2.75. The molecule has 1 aromatic rings. The number of hydrogen-bond donors (Lipinski definition) is 1. The number of nitrogens with two attached hydrogens (primary N) is 1. The van der Waals surface area contributed by atoms with Gasteiger partial charge in [0, 0.05) is 6.20 Å². The van der Waals surface area contributed by atoms with Crippen molar-refractivity contribution in [3.8, 4) is 5.88 Å². The Morgan fingerprint density at radius 1 is 1.50 bits per heavy atom. The number of alkyl halides is 3. The van der Waals surface area contributed by atoms with Crippen LogP contribution in [0.4, 0.5) is 18.9 Å². The third-order valence-corrected chi connectivity index (χ3v) is 1.55. The number of rotatable bonds is 2. The van der Waals surface area contributed by atoms with Gasteiger partial charge in [-0.1, -0.05) is 0 Å². The summed E-state index contributed by atoms with van der Waals surface area (Å²) >= 11 is 0. The van der Waals surface area contributed by atoms with Crippen LogP contribution in [-0.4, -0.2) is 17.3 Å². The topological polar surface area (TPSA) is 48.1 Å². The molecule has 1 aromatic heterocycles. The zero-order valence-corrected chi connectivity index (χ0v) is 7.38. The van der Waals surface area contributed by atoms with Gasteiger partial charge >= 0.3 is 6.18 Å². The minimum atomic E-state index is -4.41. The van der Waals surface area contributed by atoms with Crippen LogP contribution >= 0.6 is 0 Å². The van der Waals surface area contributed by atoms with Gasteiger partial charge < -0.3 is 10.5 Å². The summed E-state index contributed by atoms with van der Waals surface area (Å²) in [7, 11) is 0. The fraction of sp³-hybridized carbons (Fsp3) is 0.375. The normalized spacial score (nSPS) is 13.7. The van der Waals surface area contributed by atoms with Crippen LogP contribution in [0.3, 0.4) is 0 Å². The number of nitrogen functional groups attached to an aromatic ring is 1. The van der Waals surface area contributed by atoms with Crippen LogP contribution in [0.5, 0.6) is 5.88 Å². The van der Waals surface area contributed by atoms with Crippen LogP contribution < -0.4 is 10.5 Å². The molecular weight excluding hydrogens is 197 g/mol. The minimum Gasteiger partial charge on any atom is -0.464 e. The average molecular weight is 206 g/mol. The standard InChI is InChI=1S/C8H9F3N2O/c1-5(8(9,10)11)14-7-6(12)3-2-4-13-7/h2-5H,12H2,1H3/t5-/m1/s1. The molecule has 78 valence electrons. The second-order valence-electron chi connectivity index (χ2n) is 2.70. The lowest BCUT2D eigenvalue weighted by molar-refractivity contribution is -0.189. The lowest BCUT2D eigenvalue weighted by Gasteiger charge is -2.17. The number of halogens is 3. The van der Waals surface area contributed by atoms with E-state index in [0.29, 0.717) is 0 Å². The molecule has 0 aromatic carbocycles. The molecule has 0 fully saturated rings. The van der Waals surface area contributed by atoms with E-state index < -0.39 is 12.3 Å². The van der Waals surface area contributed by atoms with Gasteiger partial charge in [0.2, 0.25) is 5.88 Å². The van der Waals surface area contributed by atoms with Gasteiger partial charge in [-0.25, -0.2) is 4.98 Å². The molecule has 0 saturated heterocycles. The maximum Gasteiger partial charge on any atom is 0.425 e. The number of pyridine rings is 1. The number of anilines is 1. The molecule has 0 amide bonds. The predicted octanol–water partition coefficient (Wildman–Crippen LogP) is 1.99. The molecule has 6 heteroatoms. The molecule has 1 heterocycles. The molecule has 0 spiro atoms. The van der Waals surface area contributed by atoms with Gasteiger partial charge in [-0.2, -0.15) is 13.2 Å². The summed E-state index contributed by atoms with van der Waals surface area (Å²) in [5.41, 5.74) is 5.44. The highest BCUT2D eigenvalue weighted by Crippen LogP contribution is 2.26. The van der Waals surface area contributed by atoms with Crippen LogP contribution in [-0.2, 0) is 0 Å². The van der Waals surface area contributed by atoms with Gasteiger partial charge in [-0.05, 0) is 19.1 Å². The van der Waals surface area contributed by atoms with Crippen LogP contribution in [0.15, 0.2) is 18.3 Å². The van der Waals surface area contributed by atoms with Crippen molar-refractivity contribution >= 4 is 5.69 Å². The Labute approximate surface area is 78.7 Å². The van der Waals surface area contributed by atoms with Crippen LogP contribution in [0.1, 0.15) is 6.92 Å². The van der Waals surface area contributed by atoms with E-state index in [1.165, 1.54) is 18.3 Å². The molecule has 0 unspecified atom stereocenters. The summed E-state index contributed by atoms with van der Waals surface area (Å²) in [6, 6.07) is 2.94. The Morgan fingerprint density at radius 2 is 2.14 bits per heavy atom. The monoisotopic (exact) mass is 206 g/mol. The summed E-state index contributed by atoms with van der Waals surface area (Å²) in [4.78, 5) is 3.58. The van der Waals surface area contributed by atoms with Gasteiger partial charge in [0.25, 0.3) is 0 Å². The first kappa shape index (κ1) is 10.6. The summed E-state index contributed by atoms with van der Waals surface area (Å²) in [6.07, 6.45) is -5.02. The van der Waals surface area contributed by atoms with Gasteiger partial charge in [-0.15, -0.1) is 0 Å². The van der Waals surface area contributed by atoms with Crippen molar-refractivity contribution in [3.63, 3.8) is 0 Å². The maximum absolute atomic E-state index is 12.1.